The Morgan fingerprint density at radius 1 is 1.00 bits per heavy atom. The zero-order chi connectivity index (χ0) is 13.5. The maximum absolute atomic E-state index is 11.1. The van der Waals surface area contributed by atoms with Gasteiger partial charge >= 0.3 is 0 Å². The molecule has 3 heteroatoms. The van der Waals surface area contributed by atoms with Gasteiger partial charge in [0.25, 0.3) is 0 Å². The predicted octanol–water partition coefficient (Wildman–Crippen LogP) is 3.19. The van der Waals surface area contributed by atoms with Crippen LogP contribution in [-0.4, -0.2) is 26.6 Å². The maximum Gasteiger partial charge on any atom is 0.153 e. The van der Waals surface area contributed by atoms with Gasteiger partial charge in [-0.1, -0.05) is 36.4 Å². The lowest BCUT2D eigenvalue weighted by atomic mass is 10.0. The van der Waals surface area contributed by atoms with Crippen molar-refractivity contribution in [1.29, 1.82) is 0 Å². The molecular weight excluding hydrogens is 240 g/mol. The fraction of sp³-hybridized carbons (Fsp3) is 0.188. The van der Waals surface area contributed by atoms with Crippen molar-refractivity contribution >= 4 is 6.29 Å². The molecule has 0 atom stereocenters. The highest BCUT2D eigenvalue weighted by Gasteiger charge is 2.05. The molecule has 0 N–H and O–H groups in total. The molecule has 19 heavy (non-hydrogen) atoms. The van der Waals surface area contributed by atoms with Crippen molar-refractivity contribution in [2.45, 2.75) is 0 Å². The summed E-state index contributed by atoms with van der Waals surface area (Å²) in [5.74, 6) is 0.590. The molecule has 3 nitrogen and oxygen atoms in total. The van der Waals surface area contributed by atoms with Crippen LogP contribution in [0.15, 0.2) is 48.5 Å². The largest absolute Gasteiger partial charge is 0.490 e. The maximum atomic E-state index is 11.1. The molecule has 0 spiro atoms. The zero-order valence-electron chi connectivity index (χ0n) is 10.8. The number of rotatable bonds is 6. The Kier molecular flexibility index (Phi) is 4.70. The summed E-state index contributed by atoms with van der Waals surface area (Å²) < 4.78 is 10.4. The quantitative estimate of drug-likeness (QED) is 0.588. The lowest BCUT2D eigenvalue weighted by Gasteiger charge is -2.09. The van der Waals surface area contributed by atoms with Gasteiger partial charge in [-0.2, -0.15) is 0 Å². The van der Waals surface area contributed by atoms with Crippen molar-refractivity contribution in [2.75, 3.05) is 20.3 Å². The topological polar surface area (TPSA) is 35.5 Å². The van der Waals surface area contributed by atoms with Crippen molar-refractivity contribution in [3.05, 3.63) is 54.1 Å². The average molecular weight is 256 g/mol. The van der Waals surface area contributed by atoms with Crippen LogP contribution in [0.4, 0.5) is 0 Å². The number of hydrogen-bond acceptors (Lipinski definition) is 3. The summed E-state index contributed by atoms with van der Waals surface area (Å²) in [6.07, 6.45) is 0.814. The van der Waals surface area contributed by atoms with Gasteiger partial charge < -0.3 is 9.47 Å². The zero-order valence-corrected chi connectivity index (χ0v) is 10.8. The predicted molar refractivity (Wildman–Crippen MR) is 74.6 cm³/mol. The number of carbonyl (C=O) groups excluding carboxylic acids is 1. The Hall–Kier alpha value is -2.13. The summed E-state index contributed by atoms with van der Waals surface area (Å²) in [7, 11) is 1.61. The third-order valence-corrected chi connectivity index (χ3v) is 2.79. The summed E-state index contributed by atoms with van der Waals surface area (Å²) in [4.78, 5) is 11.1. The first-order valence-electron chi connectivity index (χ1n) is 6.11. The molecule has 0 aliphatic carbocycles. The first-order valence-corrected chi connectivity index (χ1v) is 6.11. The Balaban J connectivity index is 2.23. The average Bonchev–Trinajstić information content (AvgIpc) is 2.48. The summed E-state index contributed by atoms with van der Waals surface area (Å²) >= 11 is 0. The minimum Gasteiger partial charge on any atom is -0.490 e. The summed E-state index contributed by atoms with van der Waals surface area (Å²) in [6.45, 7) is 0.931. The van der Waals surface area contributed by atoms with Crippen LogP contribution in [0.25, 0.3) is 11.1 Å². The molecule has 0 amide bonds. The minimum atomic E-state index is 0.433. The van der Waals surface area contributed by atoms with Crippen LogP contribution in [0.2, 0.25) is 0 Å². The van der Waals surface area contributed by atoms with Crippen LogP contribution >= 0.6 is 0 Å². The molecule has 2 aromatic carbocycles. The van der Waals surface area contributed by atoms with E-state index in [9.17, 15) is 4.79 Å². The first-order chi connectivity index (χ1) is 9.35. The third-order valence-electron chi connectivity index (χ3n) is 2.79. The van der Waals surface area contributed by atoms with Crippen LogP contribution < -0.4 is 4.74 Å². The van der Waals surface area contributed by atoms with E-state index in [-0.39, 0.29) is 0 Å². The molecule has 0 radical (unpaired) electrons. The Bertz CT molecular complexity index is 535. The molecule has 0 fully saturated rings. The van der Waals surface area contributed by atoms with Crippen molar-refractivity contribution in [3.63, 3.8) is 0 Å². The van der Waals surface area contributed by atoms with E-state index in [1.54, 1.807) is 7.11 Å². The van der Waals surface area contributed by atoms with E-state index in [2.05, 4.69) is 0 Å². The number of methoxy groups -OCH3 is 1. The number of aldehydes is 1. The van der Waals surface area contributed by atoms with E-state index in [4.69, 9.17) is 9.47 Å². The summed E-state index contributed by atoms with van der Waals surface area (Å²) in [6, 6.07) is 15.5. The molecule has 0 aliphatic heterocycles. The first kappa shape index (κ1) is 13.3. The number of carbonyl (C=O) groups is 1. The van der Waals surface area contributed by atoms with Gasteiger partial charge in [0.2, 0.25) is 0 Å². The highest BCUT2D eigenvalue weighted by molar-refractivity contribution is 5.83. The standard InChI is InChI=1S/C16H16O3/c1-18-9-10-19-16-8-7-14(11-15(16)12-17)13-5-3-2-4-6-13/h2-8,11-12H,9-10H2,1H3. The van der Waals surface area contributed by atoms with Gasteiger partial charge in [-0.3, -0.25) is 4.79 Å². The van der Waals surface area contributed by atoms with E-state index < -0.39 is 0 Å². The van der Waals surface area contributed by atoms with Gasteiger partial charge in [0.15, 0.2) is 6.29 Å². The van der Waals surface area contributed by atoms with Crippen molar-refractivity contribution < 1.29 is 14.3 Å². The van der Waals surface area contributed by atoms with Crippen LogP contribution in [-0.2, 0) is 4.74 Å². The highest BCUT2D eigenvalue weighted by atomic mass is 16.5. The van der Waals surface area contributed by atoms with Crippen molar-refractivity contribution in [1.82, 2.24) is 0 Å². The van der Waals surface area contributed by atoms with Gasteiger partial charge in [0.05, 0.1) is 12.2 Å². The van der Waals surface area contributed by atoms with Gasteiger partial charge in [-0.05, 0) is 23.3 Å². The van der Waals surface area contributed by atoms with Gasteiger partial charge in [-0.25, -0.2) is 0 Å². The molecule has 0 saturated carbocycles. The fourth-order valence-corrected chi connectivity index (χ4v) is 1.82. The second-order valence-corrected chi connectivity index (χ2v) is 4.08. The highest BCUT2D eigenvalue weighted by Crippen LogP contribution is 2.25. The molecule has 0 unspecified atom stereocenters. The number of hydrogen-bond donors (Lipinski definition) is 0. The SMILES string of the molecule is COCCOc1ccc(-c2ccccc2)cc1C=O. The van der Waals surface area contributed by atoms with Crippen LogP contribution in [0.3, 0.4) is 0 Å². The van der Waals surface area contributed by atoms with E-state index in [0.717, 1.165) is 17.4 Å². The van der Waals surface area contributed by atoms with Crippen LogP contribution in [0.1, 0.15) is 10.4 Å². The molecule has 2 aromatic rings. The molecule has 0 aliphatic rings. The fourth-order valence-electron chi connectivity index (χ4n) is 1.82. The smallest absolute Gasteiger partial charge is 0.153 e. The van der Waals surface area contributed by atoms with E-state index in [1.165, 1.54) is 0 Å². The number of benzene rings is 2. The van der Waals surface area contributed by atoms with Crippen LogP contribution in [0.5, 0.6) is 5.75 Å². The molecule has 0 aromatic heterocycles. The minimum absolute atomic E-state index is 0.433. The van der Waals surface area contributed by atoms with Crippen molar-refractivity contribution in [3.8, 4) is 16.9 Å². The second kappa shape index (κ2) is 6.71. The van der Waals surface area contributed by atoms with Gasteiger partial charge in [0.1, 0.15) is 12.4 Å². The molecule has 0 heterocycles. The molecule has 0 bridgehead atoms. The summed E-state index contributed by atoms with van der Waals surface area (Å²) in [5, 5.41) is 0. The lowest BCUT2D eigenvalue weighted by Crippen LogP contribution is -2.05. The molecule has 2 rings (SSSR count). The van der Waals surface area contributed by atoms with Crippen molar-refractivity contribution in [2.24, 2.45) is 0 Å². The van der Waals surface area contributed by atoms with Crippen LogP contribution in [0, 0.1) is 0 Å². The Morgan fingerprint density at radius 3 is 2.47 bits per heavy atom. The number of ether oxygens (including phenoxy) is 2. The summed E-state index contributed by atoms with van der Waals surface area (Å²) in [5.41, 5.74) is 2.63. The van der Waals surface area contributed by atoms with E-state index in [1.807, 2.05) is 48.5 Å². The normalized spacial score (nSPS) is 10.2. The monoisotopic (exact) mass is 256 g/mol. The van der Waals surface area contributed by atoms with E-state index in [0.29, 0.717) is 24.5 Å². The van der Waals surface area contributed by atoms with Gasteiger partial charge in [-0.15, -0.1) is 0 Å². The molecular formula is C16H16O3. The Morgan fingerprint density at radius 2 is 1.79 bits per heavy atom. The third kappa shape index (κ3) is 3.42. The molecule has 0 saturated heterocycles. The lowest BCUT2D eigenvalue weighted by molar-refractivity contribution is 0.111. The van der Waals surface area contributed by atoms with E-state index >= 15 is 0 Å². The Labute approximate surface area is 112 Å². The second-order valence-electron chi connectivity index (χ2n) is 4.08. The molecule has 98 valence electrons. The van der Waals surface area contributed by atoms with Gasteiger partial charge in [0, 0.05) is 7.11 Å².